The zero-order chi connectivity index (χ0) is 13.8. The number of hydrogen-bond acceptors (Lipinski definition) is 2. The molecule has 2 aromatic rings. The molecule has 98 valence electrons. The van der Waals surface area contributed by atoms with Gasteiger partial charge in [0.2, 0.25) is 0 Å². The Morgan fingerprint density at radius 1 is 1.26 bits per heavy atom. The minimum absolute atomic E-state index is 0.114. The molecular formula is C14H13BrN2O2. The number of amides is 1. The van der Waals surface area contributed by atoms with Crippen LogP contribution in [0.5, 0.6) is 0 Å². The molecule has 4 nitrogen and oxygen atoms in total. The first-order valence-corrected chi connectivity index (χ1v) is 6.55. The first-order chi connectivity index (χ1) is 9.08. The van der Waals surface area contributed by atoms with E-state index in [1.807, 2.05) is 24.3 Å². The van der Waals surface area contributed by atoms with Crippen LogP contribution >= 0.6 is 15.9 Å². The maximum absolute atomic E-state index is 12.2. The van der Waals surface area contributed by atoms with E-state index < -0.39 is 0 Å². The standard InChI is InChI=1S/C14H13BrN2O2/c1-16(10-12-4-2-3-5-13(12)15)14(18)11-6-8-17(19)9-7-11/h2-9H,10H2,1H3. The molecule has 0 aliphatic heterocycles. The number of hydrogen-bond donors (Lipinski definition) is 0. The van der Waals surface area contributed by atoms with Crippen molar-refractivity contribution in [2.75, 3.05) is 7.05 Å². The Labute approximate surface area is 120 Å². The fourth-order valence-corrected chi connectivity index (χ4v) is 2.14. The number of rotatable bonds is 3. The van der Waals surface area contributed by atoms with Crippen LogP contribution in [-0.2, 0) is 6.54 Å². The molecule has 0 N–H and O–H groups in total. The third kappa shape index (κ3) is 3.32. The van der Waals surface area contributed by atoms with Crippen molar-refractivity contribution in [2.45, 2.75) is 6.54 Å². The van der Waals surface area contributed by atoms with Crippen LogP contribution in [0.2, 0.25) is 0 Å². The zero-order valence-electron chi connectivity index (χ0n) is 10.4. The van der Waals surface area contributed by atoms with Gasteiger partial charge in [0.1, 0.15) is 0 Å². The van der Waals surface area contributed by atoms with E-state index in [2.05, 4.69) is 15.9 Å². The number of pyridine rings is 1. The molecule has 0 aliphatic rings. The molecule has 0 saturated carbocycles. The third-order valence-corrected chi connectivity index (χ3v) is 3.53. The van der Waals surface area contributed by atoms with Crippen LogP contribution < -0.4 is 4.73 Å². The molecule has 1 aromatic heterocycles. The van der Waals surface area contributed by atoms with E-state index in [-0.39, 0.29) is 5.91 Å². The van der Waals surface area contributed by atoms with E-state index in [0.717, 1.165) is 10.0 Å². The lowest BCUT2D eigenvalue weighted by atomic mass is 10.2. The van der Waals surface area contributed by atoms with E-state index in [9.17, 15) is 10.0 Å². The van der Waals surface area contributed by atoms with Gasteiger partial charge in [-0.2, -0.15) is 4.73 Å². The average molecular weight is 321 g/mol. The first-order valence-electron chi connectivity index (χ1n) is 5.75. The van der Waals surface area contributed by atoms with Gasteiger partial charge in [0.05, 0.1) is 5.56 Å². The van der Waals surface area contributed by atoms with Gasteiger partial charge in [-0.1, -0.05) is 34.1 Å². The summed E-state index contributed by atoms with van der Waals surface area (Å²) in [6.07, 6.45) is 2.64. The van der Waals surface area contributed by atoms with Crippen LogP contribution in [0.4, 0.5) is 0 Å². The quantitative estimate of drug-likeness (QED) is 0.644. The van der Waals surface area contributed by atoms with Gasteiger partial charge in [0.25, 0.3) is 5.91 Å². The molecule has 1 heterocycles. The Balaban J connectivity index is 2.12. The summed E-state index contributed by atoms with van der Waals surface area (Å²) in [6, 6.07) is 10.8. The second-order valence-electron chi connectivity index (χ2n) is 4.20. The van der Waals surface area contributed by atoms with Gasteiger partial charge >= 0.3 is 0 Å². The van der Waals surface area contributed by atoms with Crippen molar-refractivity contribution in [3.8, 4) is 0 Å². The molecule has 0 saturated heterocycles. The highest BCUT2D eigenvalue weighted by Gasteiger charge is 2.13. The van der Waals surface area contributed by atoms with Crippen molar-refractivity contribution in [1.29, 1.82) is 0 Å². The Kier molecular flexibility index (Phi) is 4.16. The Morgan fingerprint density at radius 3 is 2.53 bits per heavy atom. The number of nitrogens with zero attached hydrogens (tertiary/aromatic N) is 2. The van der Waals surface area contributed by atoms with Crippen molar-refractivity contribution in [3.05, 3.63) is 69.6 Å². The van der Waals surface area contributed by atoms with Gasteiger partial charge < -0.3 is 10.1 Å². The minimum Gasteiger partial charge on any atom is -0.619 e. The molecule has 5 heteroatoms. The van der Waals surface area contributed by atoms with E-state index in [1.165, 1.54) is 24.5 Å². The third-order valence-electron chi connectivity index (χ3n) is 2.76. The lowest BCUT2D eigenvalue weighted by Gasteiger charge is -2.18. The summed E-state index contributed by atoms with van der Waals surface area (Å²) in [4.78, 5) is 13.8. The maximum atomic E-state index is 12.2. The van der Waals surface area contributed by atoms with E-state index in [0.29, 0.717) is 16.8 Å². The number of carbonyl (C=O) groups excluding carboxylic acids is 1. The van der Waals surface area contributed by atoms with Gasteiger partial charge in [0.15, 0.2) is 12.4 Å². The van der Waals surface area contributed by atoms with Gasteiger partial charge in [-0.25, -0.2) is 0 Å². The van der Waals surface area contributed by atoms with Gasteiger partial charge in [-0.05, 0) is 11.6 Å². The molecule has 0 fully saturated rings. The van der Waals surface area contributed by atoms with Gasteiger partial charge in [-0.15, -0.1) is 0 Å². The largest absolute Gasteiger partial charge is 0.619 e. The molecule has 1 amide bonds. The fourth-order valence-electron chi connectivity index (χ4n) is 1.73. The van der Waals surface area contributed by atoms with Crippen molar-refractivity contribution in [1.82, 2.24) is 4.90 Å². The van der Waals surface area contributed by atoms with Crippen LogP contribution in [0.1, 0.15) is 15.9 Å². The molecule has 2 rings (SSSR count). The van der Waals surface area contributed by atoms with Crippen LogP contribution in [0, 0.1) is 5.21 Å². The van der Waals surface area contributed by atoms with Crippen LogP contribution in [0.25, 0.3) is 0 Å². The molecule has 0 aliphatic carbocycles. The Bertz CT molecular complexity index is 584. The fraction of sp³-hybridized carbons (Fsp3) is 0.143. The molecule has 0 unspecified atom stereocenters. The number of carbonyl (C=O) groups is 1. The summed E-state index contributed by atoms with van der Waals surface area (Å²) in [5.74, 6) is -0.114. The Hall–Kier alpha value is -1.88. The number of benzene rings is 1. The highest BCUT2D eigenvalue weighted by molar-refractivity contribution is 9.10. The predicted octanol–water partition coefficient (Wildman–Crippen LogP) is 2.35. The molecule has 0 bridgehead atoms. The highest BCUT2D eigenvalue weighted by atomic mass is 79.9. The summed E-state index contributed by atoms with van der Waals surface area (Å²) < 4.78 is 1.63. The molecule has 0 atom stereocenters. The highest BCUT2D eigenvalue weighted by Crippen LogP contribution is 2.18. The summed E-state index contributed by atoms with van der Waals surface area (Å²) in [5.41, 5.74) is 1.54. The molecule has 1 aromatic carbocycles. The van der Waals surface area contributed by atoms with E-state index in [4.69, 9.17) is 0 Å². The summed E-state index contributed by atoms with van der Waals surface area (Å²) in [6.45, 7) is 0.506. The van der Waals surface area contributed by atoms with Gasteiger partial charge in [-0.3, -0.25) is 4.79 Å². The van der Waals surface area contributed by atoms with Crippen LogP contribution in [0.15, 0.2) is 53.3 Å². The van der Waals surface area contributed by atoms with Crippen LogP contribution in [0.3, 0.4) is 0 Å². The Morgan fingerprint density at radius 2 is 1.89 bits per heavy atom. The predicted molar refractivity (Wildman–Crippen MR) is 75.3 cm³/mol. The second-order valence-corrected chi connectivity index (χ2v) is 5.05. The normalized spacial score (nSPS) is 10.2. The SMILES string of the molecule is CN(Cc1ccccc1Br)C(=O)c1cc[n+]([O-])cc1. The number of aromatic nitrogens is 1. The first kappa shape index (κ1) is 13.5. The van der Waals surface area contributed by atoms with Crippen LogP contribution in [-0.4, -0.2) is 17.9 Å². The molecule has 19 heavy (non-hydrogen) atoms. The second kappa shape index (κ2) is 5.84. The monoisotopic (exact) mass is 320 g/mol. The average Bonchev–Trinajstić information content (AvgIpc) is 2.41. The van der Waals surface area contributed by atoms with Crippen molar-refractivity contribution in [2.24, 2.45) is 0 Å². The van der Waals surface area contributed by atoms with Crippen molar-refractivity contribution >= 4 is 21.8 Å². The molecule has 0 radical (unpaired) electrons. The summed E-state index contributed by atoms with van der Waals surface area (Å²) >= 11 is 3.46. The van der Waals surface area contributed by atoms with Crippen molar-refractivity contribution < 1.29 is 9.52 Å². The van der Waals surface area contributed by atoms with E-state index >= 15 is 0 Å². The maximum Gasteiger partial charge on any atom is 0.254 e. The lowest BCUT2D eigenvalue weighted by molar-refractivity contribution is -0.605. The van der Waals surface area contributed by atoms with E-state index in [1.54, 1.807) is 11.9 Å². The molecular weight excluding hydrogens is 308 g/mol. The molecule has 0 spiro atoms. The minimum atomic E-state index is -0.114. The summed E-state index contributed by atoms with van der Waals surface area (Å²) in [5, 5.41) is 10.9. The van der Waals surface area contributed by atoms with Gasteiger partial charge in [0, 0.05) is 30.2 Å². The zero-order valence-corrected chi connectivity index (χ0v) is 12.0. The van der Waals surface area contributed by atoms with Crippen molar-refractivity contribution in [3.63, 3.8) is 0 Å². The topological polar surface area (TPSA) is 47.2 Å². The lowest BCUT2D eigenvalue weighted by Crippen LogP contribution is -2.29. The smallest absolute Gasteiger partial charge is 0.254 e. The number of halogens is 1. The summed E-state index contributed by atoms with van der Waals surface area (Å²) in [7, 11) is 1.74.